The van der Waals surface area contributed by atoms with Gasteiger partial charge in [0, 0.05) is 29.6 Å². The minimum atomic E-state index is -0.258. The van der Waals surface area contributed by atoms with Gasteiger partial charge in [-0.15, -0.1) is 0 Å². The lowest BCUT2D eigenvalue weighted by Gasteiger charge is -2.11. The average Bonchev–Trinajstić information content (AvgIpc) is 2.72. The van der Waals surface area contributed by atoms with Crippen molar-refractivity contribution in [1.82, 2.24) is 10.3 Å². The minimum absolute atomic E-state index is 0.00952. The second-order valence-electron chi connectivity index (χ2n) is 4.92. The summed E-state index contributed by atoms with van der Waals surface area (Å²) in [5, 5.41) is 4.06. The van der Waals surface area contributed by atoms with Crippen LogP contribution in [0.2, 0.25) is 0 Å². The Morgan fingerprint density at radius 3 is 2.83 bits per heavy atom. The highest BCUT2D eigenvalue weighted by Crippen LogP contribution is 2.18. The third-order valence-electron chi connectivity index (χ3n) is 2.94. The summed E-state index contributed by atoms with van der Waals surface area (Å²) in [6, 6.07) is 8.00. The van der Waals surface area contributed by atoms with Crippen molar-refractivity contribution in [2.24, 2.45) is 0 Å². The number of aromatic nitrogens is 1. The maximum Gasteiger partial charge on any atom is 0.278 e. The summed E-state index contributed by atoms with van der Waals surface area (Å²) in [5.74, 6) is 0.00952. The van der Waals surface area contributed by atoms with Crippen LogP contribution in [-0.4, -0.2) is 23.0 Å². The van der Waals surface area contributed by atoms with E-state index in [0.29, 0.717) is 6.42 Å². The molecule has 4 heteroatoms. The molecule has 18 heavy (non-hydrogen) atoms. The quantitative estimate of drug-likeness (QED) is 0.735. The van der Waals surface area contributed by atoms with Crippen LogP contribution in [0.1, 0.15) is 19.4 Å². The number of carbonyl (C=O) groups excluding carboxylic acids is 1. The Kier molecular flexibility index (Phi) is 3.67. The van der Waals surface area contributed by atoms with Crippen LogP contribution in [-0.2, 0) is 11.2 Å². The Morgan fingerprint density at radius 2 is 2.11 bits per heavy atom. The van der Waals surface area contributed by atoms with Crippen LogP contribution in [0.5, 0.6) is 0 Å². The summed E-state index contributed by atoms with van der Waals surface area (Å²) in [6.45, 7) is 3.91. The summed E-state index contributed by atoms with van der Waals surface area (Å²) >= 11 is 0. The van der Waals surface area contributed by atoms with Gasteiger partial charge in [-0.2, -0.15) is 0 Å². The highest BCUT2D eigenvalue weighted by atomic mass is 16.2. The first-order valence-electron chi connectivity index (χ1n) is 6.26. The molecule has 1 amide bonds. The third kappa shape index (κ3) is 2.71. The fraction of sp³-hybridized carbons (Fsp3) is 0.357. The molecule has 1 heterocycles. The van der Waals surface area contributed by atoms with E-state index in [1.165, 1.54) is 5.39 Å². The Balaban J connectivity index is 2.11. The Hall–Kier alpha value is -1.81. The van der Waals surface area contributed by atoms with E-state index in [9.17, 15) is 4.79 Å². The van der Waals surface area contributed by atoms with Gasteiger partial charge in [-0.1, -0.05) is 18.2 Å². The van der Waals surface area contributed by atoms with E-state index in [1.807, 2.05) is 38.2 Å². The molecule has 0 saturated carbocycles. The molecule has 0 spiro atoms. The fourth-order valence-electron chi connectivity index (χ4n) is 2.06. The van der Waals surface area contributed by atoms with E-state index in [2.05, 4.69) is 22.1 Å². The molecule has 2 aromatic rings. The lowest BCUT2D eigenvalue weighted by atomic mass is 10.0. The third-order valence-corrected chi connectivity index (χ3v) is 2.94. The highest BCUT2D eigenvalue weighted by molar-refractivity contribution is 5.85. The van der Waals surface area contributed by atoms with Gasteiger partial charge in [0.05, 0.1) is 0 Å². The van der Waals surface area contributed by atoms with Gasteiger partial charge in [0.15, 0.2) is 6.04 Å². The van der Waals surface area contributed by atoms with Crippen LogP contribution < -0.4 is 11.1 Å². The maximum absolute atomic E-state index is 11.8. The summed E-state index contributed by atoms with van der Waals surface area (Å²) < 4.78 is 0. The van der Waals surface area contributed by atoms with E-state index < -0.39 is 0 Å². The molecule has 96 valence electrons. The van der Waals surface area contributed by atoms with Crippen molar-refractivity contribution in [1.29, 1.82) is 0 Å². The molecule has 0 unspecified atom stereocenters. The lowest BCUT2D eigenvalue weighted by Crippen LogP contribution is -2.68. The fourth-order valence-corrected chi connectivity index (χ4v) is 2.06. The molecule has 5 N–H and O–H groups in total. The number of hydrogen-bond acceptors (Lipinski definition) is 1. The number of fused-ring (bicyclic) bond motifs is 1. The van der Waals surface area contributed by atoms with Crippen molar-refractivity contribution >= 4 is 16.8 Å². The van der Waals surface area contributed by atoms with Crippen molar-refractivity contribution in [2.75, 3.05) is 0 Å². The molecule has 0 fully saturated rings. The van der Waals surface area contributed by atoms with Crippen LogP contribution in [0.4, 0.5) is 0 Å². The Labute approximate surface area is 107 Å². The number of H-pyrrole nitrogens is 1. The number of nitrogens with one attached hydrogen (secondary N) is 2. The van der Waals surface area contributed by atoms with Crippen LogP contribution in [0.15, 0.2) is 30.5 Å². The van der Waals surface area contributed by atoms with E-state index in [0.717, 1.165) is 11.1 Å². The molecule has 0 saturated heterocycles. The smallest absolute Gasteiger partial charge is 0.278 e. The molecule has 0 aliphatic carbocycles. The molecule has 0 aliphatic rings. The number of hydrogen-bond donors (Lipinski definition) is 3. The van der Waals surface area contributed by atoms with Crippen molar-refractivity contribution in [3.63, 3.8) is 0 Å². The number of aromatic amines is 1. The summed E-state index contributed by atoms with van der Waals surface area (Å²) in [4.78, 5) is 15.0. The van der Waals surface area contributed by atoms with Gasteiger partial charge in [0.25, 0.3) is 5.91 Å². The van der Waals surface area contributed by atoms with Crippen LogP contribution in [0.25, 0.3) is 10.9 Å². The maximum atomic E-state index is 11.8. The molecule has 1 aromatic carbocycles. The SMILES string of the molecule is CC(C)NC(=O)[C@@H]([NH3+])Cc1c[nH]c2ccccc12. The summed E-state index contributed by atoms with van der Waals surface area (Å²) in [7, 11) is 0. The second-order valence-corrected chi connectivity index (χ2v) is 4.92. The van der Waals surface area contributed by atoms with E-state index in [1.54, 1.807) is 0 Å². The van der Waals surface area contributed by atoms with Gasteiger partial charge in [0.1, 0.15) is 0 Å². The second kappa shape index (κ2) is 5.23. The molecule has 0 bridgehead atoms. The van der Waals surface area contributed by atoms with E-state index in [4.69, 9.17) is 0 Å². The minimum Gasteiger partial charge on any atom is -0.361 e. The number of para-hydroxylation sites is 1. The number of rotatable bonds is 4. The number of benzene rings is 1. The Morgan fingerprint density at radius 1 is 1.39 bits per heavy atom. The van der Waals surface area contributed by atoms with E-state index in [-0.39, 0.29) is 18.0 Å². The standard InChI is InChI=1S/C14H19N3O/c1-9(2)17-14(18)12(15)7-10-8-16-13-6-4-3-5-11(10)13/h3-6,8-9,12,16H,7,15H2,1-2H3,(H,17,18)/p+1/t12-/m0/s1. The van der Waals surface area contributed by atoms with Crippen LogP contribution >= 0.6 is 0 Å². The predicted octanol–water partition coefficient (Wildman–Crippen LogP) is 0.846. The van der Waals surface area contributed by atoms with Crippen molar-refractivity contribution < 1.29 is 10.5 Å². The van der Waals surface area contributed by atoms with Crippen LogP contribution in [0.3, 0.4) is 0 Å². The lowest BCUT2D eigenvalue weighted by molar-refractivity contribution is -0.403. The summed E-state index contributed by atoms with van der Waals surface area (Å²) in [5.41, 5.74) is 6.19. The highest BCUT2D eigenvalue weighted by Gasteiger charge is 2.19. The molecule has 2 rings (SSSR count). The van der Waals surface area contributed by atoms with Gasteiger partial charge < -0.3 is 16.0 Å². The van der Waals surface area contributed by atoms with Gasteiger partial charge >= 0.3 is 0 Å². The zero-order valence-corrected chi connectivity index (χ0v) is 10.9. The Bertz CT molecular complexity index is 545. The van der Waals surface area contributed by atoms with Crippen LogP contribution in [0, 0.1) is 0 Å². The van der Waals surface area contributed by atoms with Gasteiger partial charge in [-0.3, -0.25) is 4.79 Å². The van der Waals surface area contributed by atoms with Crippen molar-refractivity contribution in [2.45, 2.75) is 32.4 Å². The molecule has 1 aromatic heterocycles. The predicted molar refractivity (Wildman–Crippen MR) is 72.0 cm³/mol. The monoisotopic (exact) mass is 246 g/mol. The van der Waals surface area contributed by atoms with Crippen molar-refractivity contribution in [3.8, 4) is 0 Å². The van der Waals surface area contributed by atoms with Crippen molar-refractivity contribution in [3.05, 3.63) is 36.0 Å². The largest absolute Gasteiger partial charge is 0.361 e. The first-order chi connectivity index (χ1) is 8.58. The zero-order chi connectivity index (χ0) is 13.1. The average molecular weight is 246 g/mol. The van der Waals surface area contributed by atoms with Gasteiger partial charge in [-0.25, -0.2) is 0 Å². The summed E-state index contributed by atoms with van der Waals surface area (Å²) in [6.07, 6.45) is 2.62. The molecular formula is C14H20N3O+. The normalized spacial score (nSPS) is 12.9. The number of carbonyl (C=O) groups is 1. The van der Waals surface area contributed by atoms with Gasteiger partial charge in [0.2, 0.25) is 0 Å². The first-order valence-corrected chi connectivity index (χ1v) is 6.26. The molecule has 0 radical (unpaired) electrons. The number of amides is 1. The van der Waals surface area contributed by atoms with Gasteiger partial charge in [-0.05, 0) is 25.5 Å². The number of quaternary nitrogens is 1. The topological polar surface area (TPSA) is 72.5 Å². The zero-order valence-electron chi connectivity index (χ0n) is 10.9. The molecule has 4 nitrogen and oxygen atoms in total. The van der Waals surface area contributed by atoms with E-state index >= 15 is 0 Å². The molecular weight excluding hydrogens is 226 g/mol. The first kappa shape index (κ1) is 12.6. The molecule has 1 atom stereocenters. The molecule has 0 aliphatic heterocycles.